The highest BCUT2D eigenvalue weighted by molar-refractivity contribution is 9.11. The first-order valence-electron chi connectivity index (χ1n) is 6.14. The number of methoxy groups -OCH3 is 2. The molecule has 2 aromatic rings. The van der Waals surface area contributed by atoms with Crippen LogP contribution in [0.1, 0.15) is 5.56 Å². The van der Waals surface area contributed by atoms with E-state index >= 15 is 0 Å². The van der Waals surface area contributed by atoms with Crippen LogP contribution in [0.2, 0.25) is 0 Å². The maximum absolute atomic E-state index is 13.9. The molecule has 0 atom stereocenters. The van der Waals surface area contributed by atoms with E-state index in [1.54, 1.807) is 19.2 Å². The number of hydrogen-bond acceptors (Lipinski definition) is 3. The molecule has 6 heteroatoms. The molecule has 0 amide bonds. The Hall–Kier alpha value is -1.27. The first kappa shape index (κ1) is 16.1. The summed E-state index contributed by atoms with van der Waals surface area (Å²) in [6, 6.07) is 8.53. The number of rotatable bonds is 5. The van der Waals surface area contributed by atoms with Crippen LogP contribution in [0.4, 0.5) is 10.1 Å². The predicted octanol–water partition coefficient (Wildman–Crippen LogP) is 4.98. The largest absolute Gasteiger partial charge is 0.497 e. The number of nitrogens with one attached hydrogen (secondary N) is 1. The van der Waals surface area contributed by atoms with Gasteiger partial charge in [-0.3, -0.25) is 0 Å². The molecule has 0 fully saturated rings. The van der Waals surface area contributed by atoms with Crippen LogP contribution in [-0.4, -0.2) is 14.2 Å². The molecule has 0 heterocycles. The second-order valence-corrected chi connectivity index (χ2v) is 5.99. The standard InChI is InChI=1S/C15H14Br2FNO2/c1-20-10-4-3-9(13(18)5-10)8-19-14-7-15(21-2)12(17)6-11(14)16/h3-7,19H,8H2,1-2H3. The van der Waals surface area contributed by atoms with Crippen LogP contribution in [-0.2, 0) is 6.54 Å². The van der Waals surface area contributed by atoms with Gasteiger partial charge in [0.1, 0.15) is 17.3 Å². The van der Waals surface area contributed by atoms with Gasteiger partial charge in [-0.05, 0) is 44.0 Å². The summed E-state index contributed by atoms with van der Waals surface area (Å²) in [6.07, 6.45) is 0. The maximum atomic E-state index is 13.9. The minimum atomic E-state index is -0.304. The van der Waals surface area contributed by atoms with E-state index in [0.717, 1.165) is 14.6 Å². The quantitative estimate of drug-likeness (QED) is 0.742. The molecule has 0 radical (unpaired) electrons. The minimum Gasteiger partial charge on any atom is -0.497 e. The molecule has 112 valence electrons. The van der Waals surface area contributed by atoms with Crippen molar-refractivity contribution < 1.29 is 13.9 Å². The Balaban J connectivity index is 2.16. The molecular weight excluding hydrogens is 405 g/mol. The molecule has 0 aliphatic rings. The summed E-state index contributed by atoms with van der Waals surface area (Å²) < 4.78 is 25.8. The molecular formula is C15H14Br2FNO2. The van der Waals surface area contributed by atoms with Gasteiger partial charge in [0.2, 0.25) is 0 Å². The summed E-state index contributed by atoms with van der Waals surface area (Å²) in [5.74, 6) is 0.903. The van der Waals surface area contributed by atoms with E-state index in [0.29, 0.717) is 23.6 Å². The van der Waals surface area contributed by atoms with Crippen molar-refractivity contribution in [3.05, 3.63) is 50.7 Å². The molecule has 0 saturated heterocycles. The van der Waals surface area contributed by atoms with Gasteiger partial charge in [0.15, 0.2) is 0 Å². The average Bonchev–Trinajstić information content (AvgIpc) is 2.47. The molecule has 0 unspecified atom stereocenters. The van der Waals surface area contributed by atoms with Crippen LogP contribution in [0.3, 0.4) is 0 Å². The minimum absolute atomic E-state index is 0.304. The number of benzene rings is 2. The Morgan fingerprint density at radius 2 is 1.81 bits per heavy atom. The lowest BCUT2D eigenvalue weighted by atomic mass is 10.2. The van der Waals surface area contributed by atoms with Gasteiger partial charge >= 0.3 is 0 Å². The molecule has 2 rings (SSSR count). The first-order valence-corrected chi connectivity index (χ1v) is 7.73. The van der Waals surface area contributed by atoms with Crippen molar-refractivity contribution in [2.75, 3.05) is 19.5 Å². The van der Waals surface area contributed by atoms with E-state index in [-0.39, 0.29) is 5.82 Å². The second kappa shape index (κ2) is 7.13. The predicted molar refractivity (Wildman–Crippen MR) is 88.7 cm³/mol. The van der Waals surface area contributed by atoms with E-state index in [1.807, 2.05) is 12.1 Å². The van der Waals surface area contributed by atoms with Crippen molar-refractivity contribution in [3.63, 3.8) is 0 Å². The molecule has 0 aliphatic heterocycles. The summed E-state index contributed by atoms with van der Waals surface area (Å²) in [4.78, 5) is 0. The van der Waals surface area contributed by atoms with Crippen molar-refractivity contribution in [2.24, 2.45) is 0 Å². The summed E-state index contributed by atoms with van der Waals surface area (Å²) in [5.41, 5.74) is 1.38. The average molecular weight is 419 g/mol. The van der Waals surface area contributed by atoms with Crippen LogP contribution in [0.25, 0.3) is 0 Å². The third kappa shape index (κ3) is 3.89. The fourth-order valence-corrected chi connectivity index (χ4v) is 3.11. The highest BCUT2D eigenvalue weighted by atomic mass is 79.9. The molecule has 3 nitrogen and oxygen atoms in total. The Kier molecular flexibility index (Phi) is 5.47. The Morgan fingerprint density at radius 1 is 1.05 bits per heavy atom. The fraction of sp³-hybridized carbons (Fsp3) is 0.200. The molecule has 0 saturated carbocycles. The number of ether oxygens (including phenoxy) is 2. The zero-order valence-corrected chi connectivity index (χ0v) is 14.7. The monoisotopic (exact) mass is 417 g/mol. The summed E-state index contributed by atoms with van der Waals surface area (Å²) >= 11 is 6.87. The molecule has 0 aromatic heterocycles. The van der Waals surface area contributed by atoms with E-state index in [9.17, 15) is 4.39 Å². The summed E-state index contributed by atoms with van der Waals surface area (Å²) in [6.45, 7) is 0.360. The van der Waals surface area contributed by atoms with Gasteiger partial charge in [0, 0.05) is 28.7 Å². The number of halogens is 3. The molecule has 21 heavy (non-hydrogen) atoms. The summed E-state index contributed by atoms with van der Waals surface area (Å²) in [7, 11) is 3.11. The van der Waals surface area contributed by atoms with Gasteiger partial charge in [-0.25, -0.2) is 4.39 Å². The molecule has 2 aromatic carbocycles. The third-order valence-electron chi connectivity index (χ3n) is 2.97. The smallest absolute Gasteiger partial charge is 0.135 e. The Labute approximate surface area is 139 Å². The SMILES string of the molecule is COc1ccc(CNc2cc(OC)c(Br)cc2Br)c(F)c1. The van der Waals surface area contributed by atoms with Gasteiger partial charge in [0.05, 0.1) is 24.4 Å². The lowest BCUT2D eigenvalue weighted by Crippen LogP contribution is -2.03. The summed E-state index contributed by atoms with van der Waals surface area (Å²) in [5, 5.41) is 3.18. The van der Waals surface area contributed by atoms with Crippen LogP contribution < -0.4 is 14.8 Å². The van der Waals surface area contributed by atoms with Crippen LogP contribution in [0.15, 0.2) is 39.3 Å². The number of anilines is 1. The topological polar surface area (TPSA) is 30.5 Å². The molecule has 1 N–H and O–H groups in total. The van der Waals surface area contributed by atoms with E-state index in [2.05, 4.69) is 37.2 Å². The van der Waals surface area contributed by atoms with Crippen molar-refractivity contribution in [1.29, 1.82) is 0 Å². The van der Waals surface area contributed by atoms with Gasteiger partial charge in [0.25, 0.3) is 0 Å². The van der Waals surface area contributed by atoms with Gasteiger partial charge in [-0.15, -0.1) is 0 Å². The molecule has 0 aliphatic carbocycles. The lowest BCUT2D eigenvalue weighted by Gasteiger charge is -2.12. The third-order valence-corrected chi connectivity index (χ3v) is 4.25. The van der Waals surface area contributed by atoms with Gasteiger partial charge in [-0.1, -0.05) is 6.07 Å². The van der Waals surface area contributed by atoms with E-state index in [4.69, 9.17) is 9.47 Å². The Morgan fingerprint density at radius 3 is 2.43 bits per heavy atom. The fourth-order valence-electron chi connectivity index (χ4n) is 1.81. The second-order valence-electron chi connectivity index (χ2n) is 4.28. The lowest BCUT2D eigenvalue weighted by molar-refractivity contribution is 0.411. The molecule has 0 spiro atoms. The zero-order chi connectivity index (χ0) is 15.4. The highest BCUT2D eigenvalue weighted by Crippen LogP contribution is 2.34. The van der Waals surface area contributed by atoms with Crippen LogP contribution >= 0.6 is 31.9 Å². The van der Waals surface area contributed by atoms with Crippen molar-refractivity contribution in [1.82, 2.24) is 0 Å². The highest BCUT2D eigenvalue weighted by Gasteiger charge is 2.09. The van der Waals surface area contributed by atoms with Crippen molar-refractivity contribution in [3.8, 4) is 11.5 Å². The normalized spacial score (nSPS) is 10.3. The number of hydrogen-bond donors (Lipinski definition) is 1. The van der Waals surface area contributed by atoms with E-state index < -0.39 is 0 Å². The maximum Gasteiger partial charge on any atom is 0.135 e. The van der Waals surface area contributed by atoms with Gasteiger partial charge in [-0.2, -0.15) is 0 Å². The van der Waals surface area contributed by atoms with E-state index in [1.165, 1.54) is 13.2 Å². The first-order chi connectivity index (χ1) is 10.0. The Bertz CT molecular complexity index is 650. The zero-order valence-electron chi connectivity index (χ0n) is 11.5. The van der Waals surface area contributed by atoms with Crippen LogP contribution in [0.5, 0.6) is 11.5 Å². The van der Waals surface area contributed by atoms with Crippen molar-refractivity contribution >= 4 is 37.5 Å². The molecule has 0 bridgehead atoms. The van der Waals surface area contributed by atoms with Crippen LogP contribution in [0, 0.1) is 5.82 Å². The van der Waals surface area contributed by atoms with Crippen molar-refractivity contribution in [2.45, 2.75) is 6.54 Å². The van der Waals surface area contributed by atoms with Gasteiger partial charge < -0.3 is 14.8 Å².